The van der Waals surface area contributed by atoms with Gasteiger partial charge >= 0.3 is 5.69 Å². The van der Waals surface area contributed by atoms with Crippen molar-refractivity contribution in [2.24, 2.45) is 0 Å². The monoisotopic (exact) mass is 218 g/mol. The molecule has 0 unspecified atom stereocenters. The van der Waals surface area contributed by atoms with E-state index < -0.39 is 0 Å². The largest absolute Gasteiger partial charge is 0.325 e. The van der Waals surface area contributed by atoms with Crippen molar-refractivity contribution in [2.75, 3.05) is 13.1 Å². The van der Waals surface area contributed by atoms with E-state index in [1.165, 1.54) is 5.56 Å². The summed E-state index contributed by atoms with van der Waals surface area (Å²) in [6.07, 6.45) is 4.00. The summed E-state index contributed by atoms with van der Waals surface area (Å²) in [6, 6.07) is 2.02. The summed E-state index contributed by atoms with van der Waals surface area (Å²) in [7, 11) is 0. The molecule has 84 valence electrons. The summed E-state index contributed by atoms with van der Waals surface area (Å²) in [5.41, 5.74) is 2.58. The number of rotatable bonds is 1. The van der Waals surface area contributed by atoms with E-state index in [0.29, 0.717) is 11.6 Å². The first kappa shape index (κ1) is 9.59. The number of H-pyrrole nitrogens is 2. The van der Waals surface area contributed by atoms with Gasteiger partial charge in [0.1, 0.15) is 0 Å². The Morgan fingerprint density at radius 1 is 1.25 bits per heavy atom. The molecule has 0 amide bonds. The lowest BCUT2D eigenvalue weighted by atomic mass is 9.90. The highest BCUT2D eigenvalue weighted by atomic mass is 16.1. The van der Waals surface area contributed by atoms with E-state index in [9.17, 15) is 4.79 Å². The molecular formula is C11H14N4O. The van der Waals surface area contributed by atoms with Gasteiger partial charge in [-0.05, 0) is 43.5 Å². The van der Waals surface area contributed by atoms with Gasteiger partial charge in [0.15, 0.2) is 5.65 Å². The fraction of sp³-hybridized carbons (Fsp3) is 0.455. The van der Waals surface area contributed by atoms with Crippen molar-refractivity contribution in [1.29, 1.82) is 0 Å². The molecule has 3 rings (SSSR count). The van der Waals surface area contributed by atoms with Crippen molar-refractivity contribution in [2.45, 2.75) is 18.8 Å². The Hall–Kier alpha value is -1.62. The van der Waals surface area contributed by atoms with Gasteiger partial charge in [0.25, 0.3) is 0 Å². The molecule has 0 saturated carbocycles. The number of hydrogen-bond acceptors (Lipinski definition) is 3. The minimum atomic E-state index is -0.177. The Kier molecular flexibility index (Phi) is 2.25. The van der Waals surface area contributed by atoms with Crippen LogP contribution in [0.4, 0.5) is 0 Å². The molecule has 0 spiro atoms. The van der Waals surface area contributed by atoms with Crippen LogP contribution in [-0.2, 0) is 0 Å². The minimum Gasteiger partial charge on any atom is -0.317 e. The maximum absolute atomic E-state index is 11.3. The average molecular weight is 218 g/mol. The Bertz CT molecular complexity index is 550. The predicted octanol–water partition coefficient (Wildman–Crippen LogP) is 0.718. The predicted molar refractivity (Wildman–Crippen MR) is 61.6 cm³/mol. The molecule has 1 aliphatic rings. The van der Waals surface area contributed by atoms with E-state index >= 15 is 0 Å². The Balaban J connectivity index is 2.11. The number of aromatic nitrogens is 3. The number of nitrogens with one attached hydrogen (secondary N) is 3. The van der Waals surface area contributed by atoms with E-state index in [4.69, 9.17) is 0 Å². The van der Waals surface area contributed by atoms with Gasteiger partial charge in [-0.2, -0.15) is 0 Å². The molecule has 0 aromatic carbocycles. The zero-order valence-electron chi connectivity index (χ0n) is 8.92. The summed E-state index contributed by atoms with van der Waals surface area (Å²) in [5, 5.41) is 3.34. The van der Waals surface area contributed by atoms with Crippen LogP contribution in [-0.4, -0.2) is 28.0 Å². The third-order valence-corrected chi connectivity index (χ3v) is 3.23. The third kappa shape index (κ3) is 1.53. The van der Waals surface area contributed by atoms with Gasteiger partial charge < -0.3 is 10.3 Å². The van der Waals surface area contributed by atoms with E-state index in [1.54, 1.807) is 6.20 Å². The highest BCUT2D eigenvalue weighted by molar-refractivity contribution is 5.74. The second-order valence-corrected chi connectivity index (χ2v) is 4.23. The maximum atomic E-state index is 11.3. The van der Waals surface area contributed by atoms with E-state index in [-0.39, 0.29) is 5.69 Å². The molecule has 1 fully saturated rings. The maximum Gasteiger partial charge on any atom is 0.325 e. The van der Waals surface area contributed by atoms with Crippen LogP contribution in [0.5, 0.6) is 0 Å². The smallest absolute Gasteiger partial charge is 0.317 e. The van der Waals surface area contributed by atoms with Crippen molar-refractivity contribution in [1.82, 2.24) is 20.3 Å². The van der Waals surface area contributed by atoms with Crippen LogP contribution in [0.15, 0.2) is 17.1 Å². The molecule has 0 atom stereocenters. The summed E-state index contributed by atoms with van der Waals surface area (Å²) < 4.78 is 0. The van der Waals surface area contributed by atoms with Gasteiger partial charge in [0, 0.05) is 6.20 Å². The first-order valence-corrected chi connectivity index (χ1v) is 5.62. The first-order valence-electron chi connectivity index (χ1n) is 5.62. The zero-order valence-corrected chi connectivity index (χ0v) is 8.92. The lowest BCUT2D eigenvalue weighted by molar-refractivity contribution is 0.462. The Morgan fingerprint density at radius 2 is 2.06 bits per heavy atom. The molecular weight excluding hydrogens is 204 g/mol. The minimum absolute atomic E-state index is 0.177. The third-order valence-electron chi connectivity index (χ3n) is 3.23. The summed E-state index contributed by atoms with van der Waals surface area (Å²) in [4.78, 5) is 20.9. The van der Waals surface area contributed by atoms with Crippen LogP contribution >= 0.6 is 0 Å². The summed E-state index contributed by atoms with van der Waals surface area (Å²) >= 11 is 0. The normalized spacial score (nSPS) is 18.0. The number of hydrogen-bond donors (Lipinski definition) is 3. The molecule has 2 aromatic heterocycles. The van der Waals surface area contributed by atoms with E-state index in [1.807, 2.05) is 6.07 Å². The highest BCUT2D eigenvalue weighted by Gasteiger charge is 2.18. The average Bonchev–Trinajstić information content (AvgIpc) is 2.70. The number of pyridine rings is 1. The van der Waals surface area contributed by atoms with E-state index in [0.717, 1.165) is 31.4 Å². The van der Waals surface area contributed by atoms with Crippen molar-refractivity contribution >= 4 is 11.2 Å². The van der Waals surface area contributed by atoms with Crippen LogP contribution in [0.2, 0.25) is 0 Å². The summed E-state index contributed by atoms with van der Waals surface area (Å²) in [5.74, 6) is 0.526. The molecule has 0 bridgehead atoms. The second kappa shape index (κ2) is 3.75. The number of nitrogens with zero attached hydrogens (tertiary/aromatic N) is 1. The molecule has 3 N–H and O–H groups in total. The lowest BCUT2D eigenvalue weighted by Gasteiger charge is -2.23. The molecule has 3 heterocycles. The van der Waals surface area contributed by atoms with Crippen LogP contribution in [0.25, 0.3) is 11.2 Å². The van der Waals surface area contributed by atoms with Crippen LogP contribution in [0.1, 0.15) is 24.3 Å². The Labute approximate surface area is 92.3 Å². The van der Waals surface area contributed by atoms with Crippen molar-refractivity contribution in [3.8, 4) is 0 Å². The van der Waals surface area contributed by atoms with Crippen LogP contribution < -0.4 is 11.0 Å². The number of imidazole rings is 1. The van der Waals surface area contributed by atoms with Gasteiger partial charge in [0.2, 0.25) is 0 Å². The quantitative estimate of drug-likeness (QED) is 0.660. The fourth-order valence-electron chi connectivity index (χ4n) is 2.43. The van der Waals surface area contributed by atoms with Crippen molar-refractivity contribution in [3.05, 3.63) is 28.3 Å². The van der Waals surface area contributed by atoms with Gasteiger partial charge in [-0.3, -0.25) is 4.98 Å². The second-order valence-electron chi connectivity index (χ2n) is 4.23. The van der Waals surface area contributed by atoms with Gasteiger partial charge in [0.05, 0.1) is 5.52 Å². The first-order chi connectivity index (χ1) is 7.84. The van der Waals surface area contributed by atoms with Crippen LogP contribution in [0, 0.1) is 0 Å². The molecule has 2 aromatic rings. The lowest BCUT2D eigenvalue weighted by Crippen LogP contribution is -2.26. The molecule has 5 heteroatoms. The summed E-state index contributed by atoms with van der Waals surface area (Å²) in [6.45, 7) is 2.09. The van der Waals surface area contributed by atoms with Gasteiger partial charge in [-0.1, -0.05) is 0 Å². The highest BCUT2D eigenvalue weighted by Crippen LogP contribution is 2.28. The van der Waals surface area contributed by atoms with Crippen LogP contribution in [0.3, 0.4) is 0 Å². The molecule has 1 saturated heterocycles. The molecule has 0 aliphatic carbocycles. The number of piperidine rings is 1. The van der Waals surface area contributed by atoms with Crippen molar-refractivity contribution in [3.63, 3.8) is 0 Å². The molecule has 5 nitrogen and oxygen atoms in total. The topological polar surface area (TPSA) is 73.6 Å². The van der Waals surface area contributed by atoms with Gasteiger partial charge in [-0.25, -0.2) is 9.78 Å². The molecule has 0 radical (unpaired) electrons. The number of fused-ring (bicyclic) bond motifs is 1. The number of aromatic amines is 2. The van der Waals surface area contributed by atoms with Crippen molar-refractivity contribution < 1.29 is 0 Å². The molecule has 16 heavy (non-hydrogen) atoms. The zero-order chi connectivity index (χ0) is 11.0. The molecule has 1 aliphatic heterocycles. The Morgan fingerprint density at radius 3 is 2.88 bits per heavy atom. The standard InChI is InChI=1S/C11H14N4O/c16-11-14-9-8(3-6-13-10(9)15-11)7-1-4-12-5-2-7/h3,6-7,12H,1-2,4-5H2,(H2,13,14,15,16). The van der Waals surface area contributed by atoms with Gasteiger partial charge in [-0.15, -0.1) is 0 Å². The van der Waals surface area contributed by atoms with E-state index in [2.05, 4.69) is 20.3 Å². The SMILES string of the molecule is O=c1[nH]c2nccc(C3CCNCC3)c2[nH]1. The fourth-order valence-corrected chi connectivity index (χ4v) is 2.43.